The van der Waals surface area contributed by atoms with E-state index < -0.39 is 5.95 Å². The van der Waals surface area contributed by atoms with Gasteiger partial charge in [0.2, 0.25) is 5.95 Å². The molecule has 0 radical (unpaired) electrons. The molecule has 0 unspecified atom stereocenters. The lowest BCUT2D eigenvalue weighted by Crippen LogP contribution is -2.36. The summed E-state index contributed by atoms with van der Waals surface area (Å²) in [6.45, 7) is 3.64. The molecule has 4 rings (SSSR count). The lowest BCUT2D eigenvalue weighted by molar-refractivity contribution is 0.354. The van der Waals surface area contributed by atoms with Crippen molar-refractivity contribution in [3.05, 3.63) is 48.3 Å². The number of aromatic nitrogens is 5. The zero-order valence-corrected chi connectivity index (χ0v) is 14.5. The molecule has 8 heteroatoms. The topological polar surface area (TPSA) is 85.8 Å². The maximum absolute atomic E-state index is 13.1. The van der Waals surface area contributed by atoms with E-state index in [2.05, 4.69) is 25.2 Å². The molecule has 0 bridgehead atoms. The fourth-order valence-corrected chi connectivity index (χ4v) is 3.43. The highest BCUT2D eigenvalue weighted by Crippen LogP contribution is 2.32. The summed E-state index contributed by atoms with van der Waals surface area (Å²) in [5.74, 6) is 0.903. The summed E-state index contributed by atoms with van der Waals surface area (Å²) < 4.78 is 15.1. The smallest absolute Gasteiger partial charge is 0.212 e. The van der Waals surface area contributed by atoms with Crippen molar-refractivity contribution in [2.45, 2.75) is 25.8 Å². The van der Waals surface area contributed by atoms with Gasteiger partial charge in [-0.05, 0) is 44.0 Å². The highest BCUT2D eigenvalue weighted by molar-refractivity contribution is 5.75. The summed E-state index contributed by atoms with van der Waals surface area (Å²) in [6.07, 6.45) is 5.19. The Morgan fingerprint density at radius 2 is 1.96 bits per heavy atom. The second-order valence-electron chi connectivity index (χ2n) is 6.47. The minimum Gasteiger partial charge on any atom is -0.381 e. The summed E-state index contributed by atoms with van der Waals surface area (Å²) >= 11 is 0. The number of nitrogen functional groups attached to an aromatic ring is 1. The van der Waals surface area contributed by atoms with E-state index in [1.165, 1.54) is 6.07 Å². The van der Waals surface area contributed by atoms with E-state index in [-0.39, 0.29) is 6.04 Å². The Kier molecular flexibility index (Phi) is 4.24. The minimum atomic E-state index is -0.484. The van der Waals surface area contributed by atoms with Crippen LogP contribution in [-0.2, 0) is 0 Å². The van der Waals surface area contributed by atoms with Crippen LogP contribution in [0.4, 0.5) is 16.0 Å². The molecule has 26 heavy (non-hydrogen) atoms. The van der Waals surface area contributed by atoms with Gasteiger partial charge >= 0.3 is 0 Å². The van der Waals surface area contributed by atoms with Crippen LogP contribution in [0.15, 0.2) is 36.7 Å². The quantitative estimate of drug-likeness (QED) is 0.729. The molecule has 0 spiro atoms. The molecule has 3 aromatic rings. The first-order valence-corrected chi connectivity index (χ1v) is 8.62. The molecule has 1 aliphatic rings. The third kappa shape index (κ3) is 2.98. The van der Waals surface area contributed by atoms with Gasteiger partial charge in [-0.15, -0.1) is 5.10 Å². The molecule has 0 amide bonds. The van der Waals surface area contributed by atoms with Crippen LogP contribution in [0.5, 0.6) is 0 Å². The Bertz CT molecular complexity index is 898. The molecule has 4 heterocycles. The summed E-state index contributed by atoms with van der Waals surface area (Å²) in [5.41, 5.74) is 8.55. The first-order chi connectivity index (χ1) is 12.6. The fourth-order valence-electron chi connectivity index (χ4n) is 3.43. The molecule has 0 aromatic carbocycles. The van der Waals surface area contributed by atoms with Gasteiger partial charge in [0.1, 0.15) is 5.82 Å². The van der Waals surface area contributed by atoms with E-state index in [0.29, 0.717) is 5.82 Å². The van der Waals surface area contributed by atoms with Gasteiger partial charge < -0.3 is 10.6 Å². The van der Waals surface area contributed by atoms with Gasteiger partial charge in [0, 0.05) is 36.6 Å². The molecule has 1 aliphatic heterocycles. The lowest BCUT2D eigenvalue weighted by Gasteiger charge is -2.34. The molecule has 1 saturated heterocycles. The van der Waals surface area contributed by atoms with Crippen molar-refractivity contribution in [1.29, 1.82) is 0 Å². The normalized spacial score (nSPS) is 15.4. The average Bonchev–Trinajstić information content (AvgIpc) is 3.01. The monoisotopic (exact) mass is 353 g/mol. The zero-order valence-electron chi connectivity index (χ0n) is 14.5. The largest absolute Gasteiger partial charge is 0.381 e. The van der Waals surface area contributed by atoms with Gasteiger partial charge in [0.15, 0.2) is 5.82 Å². The van der Waals surface area contributed by atoms with Crippen LogP contribution >= 0.6 is 0 Å². The van der Waals surface area contributed by atoms with E-state index in [4.69, 9.17) is 5.73 Å². The van der Waals surface area contributed by atoms with Crippen molar-refractivity contribution in [1.82, 2.24) is 25.0 Å². The second kappa shape index (κ2) is 6.70. The van der Waals surface area contributed by atoms with Crippen LogP contribution in [0.2, 0.25) is 0 Å². The van der Waals surface area contributed by atoms with Crippen molar-refractivity contribution in [3.63, 3.8) is 0 Å². The maximum Gasteiger partial charge on any atom is 0.212 e. The first kappa shape index (κ1) is 16.4. The van der Waals surface area contributed by atoms with Gasteiger partial charge in [-0.2, -0.15) is 4.39 Å². The summed E-state index contributed by atoms with van der Waals surface area (Å²) in [4.78, 5) is 10.6. The molecule has 1 fully saturated rings. The Labute approximate surface area is 150 Å². The van der Waals surface area contributed by atoms with Gasteiger partial charge in [-0.1, -0.05) is 5.21 Å². The molecule has 7 nitrogen and oxygen atoms in total. The number of pyridine rings is 2. The number of anilines is 2. The van der Waals surface area contributed by atoms with Gasteiger partial charge in [0.05, 0.1) is 11.7 Å². The fraction of sp³-hybridized carbons (Fsp3) is 0.333. The van der Waals surface area contributed by atoms with Crippen molar-refractivity contribution in [2.24, 2.45) is 0 Å². The van der Waals surface area contributed by atoms with Crippen molar-refractivity contribution in [3.8, 4) is 11.1 Å². The predicted octanol–water partition coefficient (Wildman–Crippen LogP) is 2.61. The Morgan fingerprint density at radius 1 is 1.15 bits per heavy atom. The van der Waals surface area contributed by atoms with Crippen molar-refractivity contribution in [2.75, 3.05) is 23.7 Å². The number of nitrogens with zero attached hydrogens (tertiary/aromatic N) is 6. The van der Waals surface area contributed by atoms with Crippen LogP contribution in [0.25, 0.3) is 11.1 Å². The van der Waals surface area contributed by atoms with Crippen LogP contribution in [0.1, 0.15) is 24.6 Å². The molecule has 0 saturated carbocycles. The van der Waals surface area contributed by atoms with Gasteiger partial charge in [-0.3, -0.25) is 0 Å². The average molecular weight is 353 g/mol. The summed E-state index contributed by atoms with van der Waals surface area (Å²) in [6, 6.07) is 7.27. The molecule has 0 aliphatic carbocycles. The number of hydrogen-bond donors (Lipinski definition) is 1. The Morgan fingerprint density at radius 3 is 2.62 bits per heavy atom. The molecule has 2 N–H and O–H groups in total. The number of hydrogen-bond acceptors (Lipinski definition) is 6. The highest BCUT2D eigenvalue weighted by atomic mass is 19.1. The first-order valence-electron chi connectivity index (χ1n) is 8.62. The Balaban J connectivity index is 1.55. The van der Waals surface area contributed by atoms with Crippen LogP contribution in [-0.4, -0.2) is 38.1 Å². The molecular weight excluding hydrogens is 333 g/mol. The summed E-state index contributed by atoms with van der Waals surface area (Å²) in [7, 11) is 0. The third-order valence-corrected chi connectivity index (χ3v) is 4.90. The standard InChI is InChI=1S/C18H20FN7/c1-12-17(20)23-24-26(12)14-6-9-25(10-7-14)18-15(3-2-8-21-18)13-4-5-16(19)22-11-13/h2-5,8,11,14H,6-7,9-10,20H2,1H3. The third-order valence-electron chi connectivity index (χ3n) is 4.90. The minimum absolute atomic E-state index is 0.288. The van der Waals surface area contributed by atoms with E-state index >= 15 is 0 Å². The van der Waals surface area contributed by atoms with Gasteiger partial charge in [-0.25, -0.2) is 14.6 Å². The van der Waals surface area contributed by atoms with E-state index in [0.717, 1.165) is 48.6 Å². The van der Waals surface area contributed by atoms with Gasteiger partial charge in [0.25, 0.3) is 0 Å². The lowest BCUT2D eigenvalue weighted by atomic mass is 10.0. The number of nitrogens with two attached hydrogens (primary N) is 1. The Hall–Kier alpha value is -3.03. The predicted molar refractivity (Wildman–Crippen MR) is 97.1 cm³/mol. The second-order valence-corrected chi connectivity index (χ2v) is 6.47. The van der Waals surface area contributed by atoms with E-state index in [1.807, 2.05) is 23.7 Å². The molecule has 0 atom stereocenters. The number of rotatable bonds is 3. The van der Waals surface area contributed by atoms with E-state index in [1.54, 1.807) is 18.5 Å². The van der Waals surface area contributed by atoms with Crippen LogP contribution < -0.4 is 10.6 Å². The van der Waals surface area contributed by atoms with Crippen molar-refractivity contribution < 1.29 is 4.39 Å². The van der Waals surface area contributed by atoms with Crippen molar-refractivity contribution >= 4 is 11.6 Å². The van der Waals surface area contributed by atoms with Crippen LogP contribution in [0.3, 0.4) is 0 Å². The summed E-state index contributed by atoms with van der Waals surface area (Å²) in [5, 5.41) is 8.13. The zero-order chi connectivity index (χ0) is 18.1. The SMILES string of the molecule is Cc1c(N)nnn1C1CCN(c2ncccc2-c2ccc(F)nc2)CC1. The molecular formula is C18H20FN7. The van der Waals surface area contributed by atoms with Crippen LogP contribution in [0, 0.1) is 12.9 Å². The maximum atomic E-state index is 13.1. The molecule has 3 aromatic heterocycles. The highest BCUT2D eigenvalue weighted by Gasteiger charge is 2.25. The number of piperidine rings is 1. The molecule has 134 valence electrons. The number of halogens is 1. The van der Waals surface area contributed by atoms with E-state index in [9.17, 15) is 4.39 Å².